The summed E-state index contributed by atoms with van der Waals surface area (Å²) in [6.07, 6.45) is 2.01. The first-order valence-electron chi connectivity index (χ1n) is 7.00. The number of nitrogens with zero attached hydrogens (tertiary/aromatic N) is 4. The highest BCUT2D eigenvalue weighted by atomic mass is 79.9. The molecule has 8 heteroatoms. The lowest BCUT2D eigenvalue weighted by Gasteiger charge is -2.05. The zero-order chi connectivity index (χ0) is 15.5. The second-order valence-electron chi connectivity index (χ2n) is 4.96. The Labute approximate surface area is 145 Å². The molecule has 3 aromatic rings. The van der Waals surface area contributed by atoms with Crippen LogP contribution in [0, 0.1) is 0 Å². The molecule has 0 atom stereocenters. The van der Waals surface area contributed by atoms with Crippen molar-refractivity contribution in [3.8, 4) is 0 Å². The Morgan fingerprint density at radius 1 is 1.22 bits per heavy atom. The Morgan fingerprint density at radius 2 is 1.96 bits per heavy atom. The lowest BCUT2D eigenvalue weighted by Crippen LogP contribution is -3.00. The van der Waals surface area contributed by atoms with Crippen LogP contribution in [0.2, 0.25) is 0 Å². The molecule has 0 saturated heterocycles. The molecule has 0 aliphatic rings. The van der Waals surface area contributed by atoms with Crippen molar-refractivity contribution in [3.63, 3.8) is 0 Å². The monoisotopic (exact) mass is 378 g/mol. The number of hydrogen-bond donors (Lipinski definition) is 2. The van der Waals surface area contributed by atoms with Gasteiger partial charge in [0.25, 0.3) is 0 Å². The van der Waals surface area contributed by atoms with Crippen LogP contribution in [-0.4, -0.2) is 28.7 Å². The molecule has 2 N–H and O–H groups in total. The highest BCUT2D eigenvalue weighted by Crippen LogP contribution is 2.21. The molecule has 0 spiro atoms. The van der Waals surface area contributed by atoms with E-state index < -0.39 is 0 Å². The minimum absolute atomic E-state index is 0. The maximum Gasteiger partial charge on any atom is 0.309 e. The number of rotatable bonds is 5. The summed E-state index contributed by atoms with van der Waals surface area (Å²) in [6.45, 7) is 0.735. The summed E-state index contributed by atoms with van der Waals surface area (Å²) in [4.78, 5) is 14.0. The number of anilines is 2. The number of aromatic nitrogens is 4. The van der Waals surface area contributed by atoms with Gasteiger partial charge >= 0.3 is 11.6 Å². The van der Waals surface area contributed by atoms with Crippen molar-refractivity contribution >= 4 is 22.9 Å². The van der Waals surface area contributed by atoms with E-state index in [1.807, 2.05) is 36.1 Å². The van der Waals surface area contributed by atoms with Crippen LogP contribution in [-0.2, 0) is 18.4 Å². The fourth-order valence-corrected chi connectivity index (χ4v) is 2.45. The molecular weight excluding hydrogens is 360 g/mol. The van der Waals surface area contributed by atoms with Gasteiger partial charge in [-0.1, -0.05) is 35.3 Å². The molecule has 0 bridgehead atoms. The van der Waals surface area contributed by atoms with E-state index in [-0.39, 0.29) is 17.0 Å². The van der Waals surface area contributed by atoms with Crippen LogP contribution in [0.4, 0.5) is 11.8 Å². The minimum atomic E-state index is 0. The number of benzene rings is 1. The van der Waals surface area contributed by atoms with E-state index in [9.17, 15) is 0 Å². The molecule has 2 aromatic heterocycles. The average Bonchev–Trinajstić information content (AvgIpc) is 2.85. The standard InChI is InChI=1S/C15H19N6O.BrH/c1-16-15-17-13(19-22-3)12-14(18-15)20(2)10-21(12)9-11-7-5-4-6-8-11;/h4-8,10H,9H2,1-3H3,(H2,16,17,18,19);1H/q+1;/p-1. The first kappa shape index (κ1) is 17.2. The molecule has 23 heavy (non-hydrogen) atoms. The van der Waals surface area contributed by atoms with Gasteiger partial charge in [-0.3, -0.25) is 9.40 Å². The smallest absolute Gasteiger partial charge is 0.309 e. The second kappa shape index (κ2) is 7.38. The van der Waals surface area contributed by atoms with Gasteiger partial charge in [0.05, 0.1) is 20.7 Å². The van der Waals surface area contributed by atoms with Crippen LogP contribution in [0.25, 0.3) is 11.2 Å². The molecule has 122 valence electrons. The van der Waals surface area contributed by atoms with Gasteiger partial charge in [-0.25, -0.2) is 10.0 Å². The Balaban J connectivity index is 0.00000192. The Kier molecular flexibility index (Phi) is 5.51. The first-order valence-corrected chi connectivity index (χ1v) is 7.00. The highest BCUT2D eigenvalue weighted by molar-refractivity contribution is 5.82. The number of halogens is 1. The molecule has 0 amide bonds. The number of imidazole rings is 1. The summed E-state index contributed by atoms with van der Waals surface area (Å²) in [6, 6.07) is 10.3. The summed E-state index contributed by atoms with van der Waals surface area (Å²) in [7, 11) is 5.32. The van der Waals surface area contributed by atoms with Gasteiger partial charge in [0, 0.05) is 7.05 Å². The molecule has 0 unspecified atom stereocenters. The predicted molar refractivity (Wildman–Crippen MR) is 84.4 cm³/mol. The summed E-state index contributed by atoms with van der Waals surface area (Å²) < 4.78 is 4.08. The quantitative estimate of drug-likeness (QED) is 0.410. The summed E-state index contributed by atoms with van der Waals surface area (Å²) >= 11 is 0. The van der Waals surface area contributed by atoms with Crippen molar-refractivity contribution in [1.82, 2.24) is 14.5 Å². The van der Waals surface area contributed by atoms with Gasteiger partial charge in [-0.05, 0) is 5.56 Å². The van der Waals surface area contributed by atoms with Gasteiger partial charge in [0.1, 0.15) is 0 Å². The number of aryl methyl sites for hydroxylation is 1. The van der Waals surface area contributed by atoms with E-state index >= 15 is 0 Å². The van der Waals surface area contributed by atoms with E-state index in [1.165, 1.54) is 5.56 Å². The van der Waals surface area contributed by atoms with Crippen molar-refractivity contribution in [2.45, 2.75) is 6.54 Å². The van der Waals surface area contributed by atoms with Crippen LogP contribution >= 0.6 is 0 Å². The molecule has 0 fully saturated rings. The zero-order valence-corrected chi connectivity index (χ0v) is 14.8. The fraction of sp³-hybridized carbons (Fsp3) is 0.267. The molecule has 0 aliphatic heterocycles. The summed E-state index contributed by atoms with van der Waals surface area (Å²) in [5, 5.41) is 2.96. The molecule has 7 nitrogen and oxygen atoms in total. The molecule has 3 rings (SSSR count). The van der Waals surface area contributed by atoms with Gasteiger partial charge in [0.2, 0.25) is 11.3 Å². The van der Waals surface area contributed by atoms with Crippen molar-refractivity contribution < 1.29 is 26.4 Å². The van der Waals surface area contributed by atoms with Gasteiger partial charge in [-0.15, -0.1) is 0 Å². The van der Waals surface area contributed by atoms with Crippen LogP contribution in [0.5, 0.6) is 0 Å². The van der Waals surface area contributed by atoms with Crippen molar-refractivity contribution in [2.75, 3.05) is 25.0 Å². The Hall–Kier alpha value is -2.19. The first-order chi connectivity index (χ1) is 10.7. The van der Waals surface area contributed by atoms with Crippen molar-refractivity contribution in [3.05, 3.63) is 42.2 Å². The average molecular weight is 379 g/mol. The third-order valence-corrected chi connectivity index (χ3v) is 3.42. The van der Waals surface area contributed by atoms with E-state index in [2.05, 4.69) is 37.5 Å². The van der Waals surface area contributed by atoms with Gasteiger partial charge in [0.15, 0.2) is 6.33 Å². The van der Waals surface area contributed by atoms with E-state index in [4.69, 9.17) is 4.84 Å². The molecule has 0 radical (unpaired) electrons. The number of fused-ring (bicyclic) bond motifs is 1. The van der Waals surface area contributed by atoms with E-state index in [0.717, 1.165) is 17.7 Å². The minimum Gasteiger partial charge on any atom is -1.00 e. The van der Waals surface area contributed by atoms with Crippen LogP contribution < -0.4 is 32.3 Å². The summed E-state index contributed by atoms with van der Waals surface area (Å²) in [5.74, 6) is 1.17. The van der Waals surface area contributed by atoms with E-state index in [1.54, 1.807) is 14.2 Å². The predicted octanol–water partition coefficient (Wildman–Crippen LogP) is -1.68. The Morgan fingerprint density at radius 3 is 2.61 bits per heavy atom. The van der Waals surface area contributed by atoms with Crippen LogP contribution in [0.15, 0.2) is 36.7 Å². The summed E-state index contributed by atoms with van der Waals surface area (Å²) in [5.41, 5.74) is 5.77. The largest absolute Gasteiger partial charge is 1.00 e. The lowest BCUT2D eigenvalue weighted by molar-refractivity contribution is -0.647. The third-order valence-electron chi connectivity index (χ3n) is 3.42. The van der Waals surface area contributed by atoms with Crippen molar-refractivity contribution in [1.29, 1.82) is 0 Å². The maximum atomic E-state index is 5.06. The third kappa shape index (κ3) is 3.43. The molecule has 0 aliphatic carbocycles. The highest BCUT2D eigenvalue weighted by Gasteiger charge is 2.22. The topological polar surface area (TPSA) is 67.9 Å². The maximum absolute atomic E-state index is 5.06. The SMILES string of the molecule is CNc1nc(NOC)c2c(n1)[n+](C)cn2Cc1ccccc1.[Br-]. The molecule has 2 heterocycles. The van der Waals surface area contributed by atoms with Gasteiger partial charge in [-0.2, -0.15) is 4.98 Å². The van der Waals surface area contributed by atoms with Crippen LogP contribution in [0.1, 0.15) is 5.56 Å². The lowest BCUT2D eigenvalue weighted by atomic mass is 10.2. The van der Waals surface area contributed by atoms with E-state index in [0.29, 0.717) is 11.8 Å². The molecule has 1 aromatic carbocycles. The molecule has 0 saturated carbocycles. The van der Waals surface area contributed by atoms with Gasteiger partial charge < -0.3 is 22.3 Å². The molecular formula is C15H19BrN6O. The number of hydrogen-bond acceptors (Lipinski definition) is 5. The van der Waals surface area contributed by atoms with Crippen molar-refractivity contribution in [2.24, 2.45) is 7.05 Å². The Bertz CT molecular complexity index is 790. The fourth-order valence-electron chi connectivity index (χ4n) is 2.45. The second-order valence-corrected chi connectivity index (χ2v) is 4.96. The number of nitrogens with one attached hydrogen (secondary N) is 2. The normalized spacial score (nSPS) is 10.4. The van der Waals surface area contributed by atoms with Crippen LogP contribution in [0.3, 0.4) is 0 Å². The zero-order valence-electron chi connectivity index (χ0n) is 13.2.